The Kier molecular flexibility index (Phi) is 7.16. The normalized spacial score (nSPS) is 17.7. The van der Waals surface area contributed by atoms with E-state index in [4.69, 9.17) is 23.9 Å². The Morgan fingerprint density at radius 3 is 2.74 bits per heavy atom. The maximum atomic E-state index is 13.0. The van der Waals surface area contributed by atoms with Crippen LogP contribution in [-0.2, 0) is 20.8 Å². The maximum Gasteiger partial charge on any atom is 0.248 e. The van der Waals surface area contributed by atoms with Gasteiger partial charge < -0.3 is 28.7 Å². The van der Waals surface area contributed by atoms with Crippen LogP contribution in [0.25, 0.3) is 10.9 Å². The first kappa shape index (κ1) is 22.9. The number of morpholine rings is 1. The van der Waals surface area contributed by atoms with Gasteiger partial charge >= 0.3 is 0 Å². The molecule has 0 saturated carbocycles. The highest BCUT2D eigenvalue weighted by atomic mass is 16.7. The van der Waals surface area contributed by atoms with E-state index in [0.29, 0.717) is 26.3 Å². The van der Waals surface area contributed by atoms with Crippen molar-refractivity contribution in [3.63, 3.8) is 0 Å². The standard InChI is InChI=1S/C26H33N3O5/c1-31-17-25(30)29(8-7-19-5-3-2-4-6-19)16-21-13-20-14-23-24(34-18-33-23)15-22(20)27-26(21)28-9-11-32-12-10-28/h5,13-15H,2-4,6-12,16-18H2,1H3. The van der Waals surface area contributed by atoms with Gasteiger partial charge in [0.1, 0.15) is 12.4 Å². The highest BCUT2D eigenvalue weighted by Crippen LogP contribution is 2.37. The van der Waals surface area contributed by atoms with Crippen LogP contribution >= 0.6 is 0 Å². The molecule has 2 aromatic rings. The number of carbonyl (C=O) groups is 1. The average Bonchev–Trinajstić information content (AvgIpc) is 3.33. The molecule has 34 heavy (non-hydrogen) atoms. The second-order valence-electron chi connectivity index (χ2n) is 9.08. The van der Waals surface area contributed by atoms with Crippen LogP contribution < -0.4 is 14.4 Å². The number of fused-ring (bicyclic) bond motifs is 2. The summed E-state index contributed by atoms with van der Waals surface area (Å²) in [5, 5.41) is 0.977. The van der Waals surface area contributed by atoms with Gasteiger partial charge in [0.15, 0.2) is 11.5 Å². The molecular weight excluding hydrogens is 434 g/mol. The molecule has 8 heteroatoms. The Labute approximate surface area is 200 Å². The van der Waals surface area contributed by atoms with Gasteiger partial charge in [-0.15, -0.1) is 0 Å². The predicted octanol–water partition coefficient (Wildman–Crippen LogP) is 3.67. The van der Waals surface area contributed by atoms with Gasteiger partial charge in [0.25, 0.3) is 0 Å². The van der Waals surface area contributed by atoms with Crippen LogP contribution in [0.4, 0.5) is 5.82 Å². The third kappa shape index (κ3) is 5.13. The van der Waals surface area contributed by atoms with Crippen molar-refractivity contribution in [3.05, 3.63) is 35.4 Å². The maximum absolute atomic E-state index is 13.0. The summed E-state index contributed by atoms with van der Waals surface area (Å²) in [5.74, 6) is 2.36. The van der Waals surface area contributed by atoms with Gasteiger partial charge in [-0.05, 0) is 44.2 Å². The molecule has 0 N–H and O–H groups in total. The summed E-state index contributed by atoms with van der Waals surface area (Å²) in [6, 6.07) is 6.06. The lowest BCUT2D eigenvalue weighted by atomic mass is 9.97. The van der Waals surface area contributed by atoms with Crippen molar-refractivity contribution in [2.24, 2.45) is 0 Å². The fourth-order valence-electron chi connectivity index (χ4n) is 4.89. The highest BCUT2D eigenvalue weighted by molar-refractivity contribution is 5.86. The molecule has 1 fully saturated rings. The molecule has 1 aromatic carbocycles. The molecule has 8 nitrogen and oxygen atoms in total. The van der Waals surface area contributed by atoms with Crippen molar-refractivity contribution in [1.82, 2.24) is 9.88 Å². The number of methoxy groups -OCH3 is 1. The fourth-order valence-corrected chi connectivity index (χ4v) is 4.89. The molecule has 2 aliphatic heterocycles. The van der Waals surface area contributed by atoms with Crippen molar-refractivity contribution >= 4 is 22.6 Å². The highest BCUT2D eigenvalue weighted by Gasteiger charge is 2.23. The molecule has 0 atom stereocenters. The number of aromatic nitrogens is 1. The number of hydrogen-bond acceptors (Lipinski definition) is 7. The zero-order valence-electron chi connectivity index (χ0n) is 19.9. The van der Waals surface area contributed by atoms with Crippen LogP contribution in [0.3, 0.4) is 0 Å². The van der Waals surface area contributed by atoms with Crippen molar-refractivity contribution in [1.29, 1.82) is 0 Å². The van der Waals surface area contributed by atoms with Gasteiger partial charge in [-0.25, -0.2) is 4.98 Å². The summed E-state index contributed by atoms with van der Waals surface area (Å²) in [4.78, 5) is 22.2. The summed E-state index contributed by atoms with van der Waals surface area (Å²) in [7, 11) is 1.57. The quantitative estimate of drug-likeness (QED) is 0.549. The van der Waals surface area contributed by atoms with Crippen molar-refractivity contribution in [2.75, 3.05) is 58.3 Å². The molecule has 0 unspecified atom stereocenters. The van der Waals surface area contributed by atoms with Crippen molar-refractivity contribution in [3.8, 4) is 11.5 Å². The number of amides is 1. The first-order valence-corrected chi connectivity index (χ1v) is 12.2. The van der Waals surface area contributed by atoms with E-state index in [9.17, 15) is 4.79 Å². The van der Waals surface area contributed by atoms with E-state index < -0.39 is 0 Å². The van der Waals surface area contributed by atoms with E-state index in [-0.39, 0.29) is 19.3 Å². The van der Waals surface area contributed by atoms with E-state index in [0.717, 1.165) is 66.1 Å². The Morgan fingerprint density at radius 2 is 1.97 bits per heavy atom. The van der Waals surface area contributed by atoms with E-state index in [1.54, 1.807) is 7.11 Å². The van der Waals surface area contributed by atoms with E-state index >= 15 is 0 Å². The van der Waals surface area contributed by atoms with Crippen LogP contribution in [0.1, 0.15) is 37.7 Å². The Bertz CT molecular complexity index is 1060. The van der Waals surface area contributed by atoms with E-state index in [2.05, 4.69) is 17.0 Å². The summed E-state index contributed by atoms with van der Waals surface area (Å²) in [6.45, 7) is 4.34. The van der Waals surface area contributed by atoms with Gasteiger partial charge in [0.05, 0.1) is 18.7 Å². The summed E-state index contributed by atoms with van der Waals surface area (Å²) in [5.41, 5.74) is 3.34. The van der Waals surface area contributed by atoms with E-state index in [1.807, 2.05) is 17.0 Å². The number of pyridine rings is 1. The second kappa shape index (κ2) is 10.6. The summed E-state index contributed by atoms with van der Waals surface area (Å²) in [6.07, 6.45) is 8.04. The van der Waals surface area contributed by atoms with Crippen molar-refractivity contribution < 1.29 is 23.7 Å². The minimum atomic E-state index is -0.00220. The van der Waals surface area contributed by atoms with Gasteiger partial charge in [-0.2, -0.15) is 0 Å². The van der Waals surface area contributed by atoms with Crippen molar-refractivity contribution in [2.45, 2.75) is 38.6 Å². The number of allylic oxidation sites excluding steroid dienone is 1. The molecule has 1 aromatic heterocycles. The van der Waals surface area contributed by atoms with Gasteiger partial charge in [-0.3, -0.25) is 4.79 Å². The molecule has 3 aliphatic rings. The molecule has 5 rings (SSSR count). The van der Waals surface area contributed by atoms with Crippen LogP contribution in [0.5, 0.6) is 11.5 Å². The SMILES string of the molecule is COCC(=O)N(CCC1=CCCCC1)Cc1cc2cc3c(cc2nc1N1CCOCC1)OCO3. The summed E-state index contributed by atoms with van der Waals surface area (Å²) >= 11 is 0. The minimum absolute atomic E-state index is 0.00220. The zero-order valence-corrected chi connectivity index (χ0v) is 19.9. The Morgan fingerprint density at radius 1 is 1.15 bits per heavy atom. The lowest BCUT2D eigenvalue weighted by Crippen LogP contribution is -2.39. The molecule has 0 bridgehead atoms. The Hall–Kier alpha value is -2.84. The fraction of sp³-hybridized carbons (Fsp3) is 0.538. The predicted molar refractivity (Wildman–Crippen MR) is 129 cm³/mol. The van der Waals surface area contributed by atoms with Crippen LogP contribution in [0, 0.1) is 0 Å². The number of rotatable bonds is 8. The number of ether oxygens (including phenoxy) is 4. The van der Waals surface area contributed by atoms with Gasteiger partial charge in [0.2, 0.25) is 12.7 Å². The molecular formula is C26H33N3O5. The first-order chi connectivity index (χ1) is 16.7. The molecule has 1 amide bonds. The van der Waals surface area contributed by atoms with Gasteiger partial charge in [-0.1, -0.05) is 11.6 Å². The van der Waals surface area contributed by atoms with Crippen LogP contribution in [0.2, 0.25) is 0 Å². The third-order valence-corrected chi connectivity index (χ3v) is 6.75. The molecule has 182 valence electrons. The van der Waals surface area contributed by atoms with Crippen LogP contribution in [-0.4, -0.2) is 69.1 Å². The number of hydrogen-bond donors (Lipinski definition) is 0. The minimum Gasteiger partial charge on any atom is -0.454 e. The molecule has 1 saturated heterocycles. The van der Waals surface area contributed by atoms with Crippen LogP contribution in [0.15, 0.2) is 29.8 Å². The topological polar surface area (TPSA) is 73.4 Å². The Balaban J connectivity index is 1.47. The first-order valence-electron chi connectivity index (χ1n) is 12.2. The third-order valence-electron chi connectivity index (χ3n) is 6.75. The lowest BCUT2D eigenvalue weighted by molar-refractivity contribution is -0.135. The molecule has 3 heterocycles. The largest absolute Gasteiger partial charge is 0.454 e. The lowest BCUT2D eigenvalue weighted by Gasteiger charge is -2.31. The average molecular weight is 468 g/mol. The molecule has 0 radical (unpaired) electrons. The second-order valence-corrected chi connectivity index (χ2v) is 9.08. The monoisotopic (exact) mass is 467 g/mol. The smallest absolute Gasteiger partial charge is 0.248 e. The number of benzene rings is 1. The summed E-state index contributed by atoms with van der Waals surface area (Å²) < 4.78 is 21.9. The number of anilines is 1. The van der Waals surface area contributed by atoms with E-state index in [1.165, 1.54) is 18.4 Å². The molecule has 0 spiro atoms. The molecule has 1 aliphatic carbocycles. The van der Waals surface area contributed by atoms with Gasteiger partial charge in [0, 0.05) is 50.3 Å². The number of carbonyl (C=O) groups excluding carboxylic acids is 1. The zero-order chi connectivity index (χ0) is 23.3. The number of nitrogens with zero attached hydrogens (tertiary/aromatic N) is 3.